The standard InChI is InChI=1S/C23H29ClN2O2S/c1-16(2)25-23(28)18(4)26(15-19-7-5-6-8-21(19)24)22(27)13-14-29-20-11-9-17(3)10-12-20/h5-12,16,18H,13-15H2,1-4H3,(H,25,28). The molecule has 0 bridgehead atoms. The van der Waals surface area contributed by atoms with E-state index in [2.05, 4.69) is 29.6 Å². The van der Waals surface area contributed by atoms with Crippen LogP contribution in [0.15, 0.2) is 53.4 Å². The van der Waals surface area contributed by atoms with E-state index in [1.165, 1.54) is 5.56 Å². The number of aryl methyl sites for hydroxylation is 1. The van der Waals surface area contributed by atoms with Gasteiger partial charge in [-0.05, 0) is 51.5 Å². The Kier molecular flexibility index (Phi) is 9.05. The Hall–Kier alpha value is -1.98. The summed E-state index contributed by atoms with van der Waals surface area (Å²) in [5, 5.41) is 3.49. The number of halogens is 1. The van der Waals surface area contributed by atoms with Gasteiger partial charge in [0, 0.05) is 34.7 Å². The lowest BCUT2D eigenvalue weighted by Gasteiger charge is -2.29. The number of benzene rings is 2. The van der Waals surface area contributed by atoms with Gasteiger partial charge < -0.3 is 10.2 Å². The van der Waals surface area contributed by atoms with Crippen LogP contribution in [0.3, 0.4) is 0 Å². The molecule has 0 saturated carbocycles. The van der Waals surface area contributed by atoms with Crippen LogP contribution in [0.1, 0.15) is 38.3 Å². The number of hydrogen-bond acceptors (Lipinski definition) is 3. The second-order valence-corrected chi connectivity index (χ2v) is 8.94. The normalized spacial score (nSPS) is 11.9. The van der Waals surface area contributed by atoms with Crippen molar-refractivity contribution >= 4 is 35.2 Å². The number of amides is 2. The minimum absolute atomic E-state index is 0.0132. The van der Waals surface area contributed by atoms with Crippen LogP contribution in [-0.4, -0.2) is 34.6 Å². The van der Waals surface area contributed by atoms with Crippen molar-refractivity contribution < 1.29 is 9.59 Å². The maximum atomic E-state index is 13.0. The third-order valence-electron chi connectivity index (χ3n) is 4.50. The van der Waals surface area contributed by atoms with Gasteiger partial charge in [0.25, 0.3) is 0 Å². The van der Waals surface area contributed by atoms with Crippen molar-refractivity contribution in [2.45, 2.75) is 57.6 Å². The fourth-order valence-electron chi connectivity index (χ4n) is 2.83. The summed E-state index contributed by atoms with van der Waals surface area (Å²) < 4.78 is 0. The van der Waals surface area contributed by atoms with E-state index in [9.17, 15) is 9.59 Å². The molecule has 156 valence electrons. The zero-order valence-electron chi connectivity index (χ0n) is 17.4. The van der Waals surface area contributed by atoms with Crippen molar-refractivity contribution in [3.63, 3.8) is 0 Å². The Morgan fingerprint density at radius 1 is 1.07 bits per heavy atom. The summed E-state index contributed by atoms with van der Waals surface area (Å²) in [6, 6.07) is 15.1. The third kappa shape index (κ3) is 7.41. The van der Waals surface area contributed by atoms with Crippen LogP contribution < -0.4 is 5.32 Å². The molecule has 4 nitrogen and oxygen atoms in total. The van der Waals surface area contributed by atoms with Gasteiger partial charge in [0.1, 0.15) is 6.04 Å². The van der Waals surface area contributed by atoms with E-state index in [1.54, 1.807) is 29.7 Å². The van der Waals surface area contributed by atoms with Crippen LogP contribution >= 0.6 is 23.4 Å². The Labute approximate surface area is 183 Å². The molecule has 1 unspecified atom stereocenters. The first kappa shape index (κ1) is 23.3. The van der Waals surface area contributed by atoms with E-state index in [1.807, 2.05) is 39.0 Å². The molecule has 2 amide bonds. The topological polar surface area (TPSA) is 49.4 Å². The first-order valence-electron chi connectivity index (χ1n) is 9.80. The molecule has 29 heavy (non-hydrogen) atoms. The Morgan fingerprint density at radius 3 is 2.34 bits per heavy atom. The second-order valence-electron chi connectivity index (χ2n) is 7.36. The summed E-state index contributed by atoms with van der Waals surface area (Å²) in [7, 11) is 0. The van der Waals surface area contributed by atoms with E-state index in [-0.39, 0.29) is 17.9 Å². The fourth-order valence-corrected chi connectivity index (χ4v) is 3.87. The van der Waals surface area contributed by atoms with Crippen molar-refractivity contribution in [2.24, 2.45) is 0 Å². The predicted octanol–water partition coefficient (Wildman–Crippen LogP) is 5.07. The number of nitrogens with zero attached hydrogens (tertiary/aromatic N) is 1. The van der Waals surface area contributed by atoms with Gasteiger partial charge in [0.2, 0.25) is 11.8 Å². The van der Waals surface area contributed by atoms with E-state index < -0.39 is 6.04 Å². The van der Waals surface area contributed by atoms with Crippen molar-refractivity contribution in [3.05, 3.63) is 64.7 Å². The first-order chi connectivity index (χ1) is 13.8. The number of hydrogen-bond donors (Lipinski definition) is 1. The smallest absolute Gasteiger partial charge is 0.242 e. The molecule has 0 aromatic heterocycles. The van der Waals surface area contributed by atoms with Gasteiger partial charge in [0.05, 0.1) is 0 Å². The van der Waals surface area contributed by atoms with Crippen molar-refractivity contribution in [1.29, 1.82) is 0 Å². The molecule has 0 aliphatic heterocycles. The summed E-state index contributed by atoms with van der Waals surface area (Å²) >= 11 is 7.94. The Morgan fingerprint density at radius 2 is 1.72 bits per heavy atom. The van der Waals surface area contributed by atoms with Gasteiger partial charge in [-0.1, -0.05) is 47.5 Å². The van der Waals surface area contributed by atoms with Gasteiger partial charge in [-0.25, -0.2) is 0 Å². The summed E-state index contributed by atoms with van der Waals surface area (Å²) in [5.41, 5.74) is 2.04. The molecule has 2 aromatic rings. The SMILES string of the molecule is Cc1ccc(SCCC(=O)N(Cc2ccccc2Cl)C(C)C(=O)NC(C)C)cc1. The van der Waals surface area contributed by atoms with Crippen LogP contribution in [0.25, 0.3) is 0 Å². The molecule has 0 radical (unpaired) electrons. The highest BCUT2D eigenvalue weighted by Crippen LogP contribution is 2.22. The second kappa shape index (κ2) is 11.3. The lowest BCUT2D eigenvalue weighted by Crippen LogP contribution is -2.49. The maximum absolute atomic E-state index is 13.0. The zero-order chi connectivity index (χ0) is 21.4. The number of thioether (sulfide) groups is 1. The van der Waals surface area contributed by atoms with E-state index in [4.69, 9.17) is 11.6 Å². The third-order valence-corrected chi connectivity index (χ3v) is 5.88. The molecular weight excluding hydrogens is 404 g/mol. The molecular formula is C23H29ClN2O2S. The molecule has 0 fully saturated rings. The van der Waals surface area contributed by atoms with Crippen LogP contribution in [0.2, 0.25) is 5.02 Å². The van der Waals surface area contributed by atoms with Crippen LogP contribution in [0.4, 0.5) is 0 Å². The summed E-state index contributed by atoms with van der Waals surface area (Å²) in [6.45, 7) is 7.93. The number of carbonyl (C=O) groups is 2. The quantitative estimate of drug-likeness (QED) is 0.562. The molecule has 2 rings (SSSR count). The van der Waals surface area contributed by atoms with E-state index in [0.717, 1.165) is 10.5 Å². The average molecular weight is 433 g/mol. The Balaban J connectivity index is 2.07. The molecule has 0 heterocycles. The lowest BCUT2D eigenvalue weighted by molar-refractivity contribution is -0.140. The molecule has 1 atom stereocenters. The molecule has 2 aromatic carbocycles. The molecule has 0 aliphatic carbocycles. The van der Waals surface area contributed by atoms with E-state index >= 15 is 0 Å². The number of carbonyl (C=O) groups excluding carboxylic acids is 2. The largest absolute Gasteiger partial charge is 0.352 e. The summed E-state index contributed by atoms with van der Waals surface area (Å²) in [6.07, 6.45) is 0.349. The lowest BCUT2D eigenvalue weighted by atomic mass is 10.1. The molecule has 1 N–H and O–H groups in total. The minimum atomic E-state index is -0.578. The maximum Gasteiger partial charge on any atom is 0.242 e. The molecule has 6 heteroatoms. The van der Waals surface area contributed by atoms with Crippen molar-refractivity contribution in [2.75, 3.05) is 5.75 Å². The average Bonchev–Trinajstić information content (AvgIpc) is 2.67. The highest BCUT2D eigenvalue weighted by Gasteiger charge is 2.26. The van der Waals surface area contributed by atoms with Crippen molar-refractivity contribution in [3.8, 4) is 0 Å². The minimum Gasteiger partial charge on any atom is -0.352 e. The molecule has 0 aliphatic rings. The fraction of sp³-hybridized carbons (Fsp3) is 0.391. The first-order valence-corrected chi connectivity index (χ1v) is 11.2. The predicted molar refractivity (Wildman–Crippen MR) is 121 cm³/mol. The monoisotopic (exact) mass is 432 g/mol. The molecule has 0 saturated heterocycles. The zero-order valence-corrected chi connectivity index (χ0v) is 19.0. The van der Waals surface area contributed by atoms with Gasteiger partial charge in [-0.15, -0.1) is 11.8 Å². The van der Waals surface area contributed by atoms with Crippen LogP contribution in [0, 0.1) is 6.92 Å². The number of nitrogens with one attached hydrogen (secondary N) is 1. The Bertz CT molecular complexity index is 824. The van der Waals surface area contributed by atoms with Crippen LogP contribution in [-0.2, 0) is 16.1 Å². The van der Waals surface area contributed by atoms with Crippen LogP contribution in [0.5, 0.6) is 0 Å². The highest BCUT2D eigenvalue weighted by molar-refractivity contribution is 7.99. The molecule has 0 spiro atoms. The van der Waals surface area contributed by atoms with Gasteiger partial charge >= 0.3 is 0 Å². The highest BCUT2D eigenvalue weighted by atomic mass is 35.5. The van der Waals surface area contributed by atoms with Crippen molar-refractivity contribution in [1.82, 2.24) is 10.2 Å². The summed E-state index contributed by atoms with van der Waals surface area (Å²) in [5.74, 6) is 0.432. The van der Waals surface area contributed by atoms with E-state index in [0.29, 0.717) is 23.7 Å². The summed E-state index contributed by atoms with van der Waals surface area (Å²) in [4.78, 5) is 28.3. The van der Waals surface area contributed by atoms with Gasteiger partial charge in [-0.3, -0.25) is 9.59 Å². The van der Waals surface area contributed by atoms with Gasteiger partial charge in [0.15, 0.2) is 0 Å². The number of rotatable bonds is 9. The van der Waals surface area contributed by atoms with Gasteiger partial charge in [-0.2, -0.15) is 0 Å².